The van der Waals surface area contributed by atoms with Gasteiger partial charge in [-0.15, -0.1) is 0 Å². The molecule has 0 heterocycles. The predicted molar refractivity (Wildman–Crippen MR) is 57.4 cm³/mol. The van der Waals surface area contributed by atoms with Gasteiger partial charge in [-0.2, -0.15) is 5.48 Å². The first-order chi connectivity index (χ1) is 6.57. The van der Waals surface area contributed by atoms with Gasteiger partial charge in [-0.25, -0.2) is 4.39 Å². The first-order valence-corrected chi connectivity index (χ1v) is 5.07. The van der Waals surface area contributed by atoms with Crippen molar-refractivity contribution >= 4 is 15.9 Å². The Kier molecular flexibility index (Phi) is 4.04. The van der Waals surface area contributed by atoms with Crippen molar-refractivity contribution in [3.05, 3.63) is 33.0 Å². The number of nitrogens with one attached hydrogen (secondary N) is 1. The Morgan fingerprint density at radius 3 is 2.71 bits per heavy atom. The molecule has 1 aromatic carbocycles. The van der Waals surface area contributed by atoms with Gasteiger partial charge in [0, 0.05) is 12.1 Å². The molecule has 0 unspecified atom stereocenters. The number of aryl methyl sites for hydroxylation is 1. The fourth-order valence-electron chi connectivity index (χ4n) is 1.26. The molecule has 0 atom stereocenters. The first kappa shape index (κ1) is 11.6. The van der Waals surface area contributed by atoms with E-state index in [2.05, 4.69) is 21.4 Å². The fraction of sp³-hybridized carbons (Fsp3) is 0.400. The van der Waals surface area contributed by atoms with E-state index < -0.39 is 0 Å². The minimum Gasteiger partial charge on any atom is -0.305 e. The van der Waals surface area contributed by atoms with E-state index in [9.17, 15) is 4.39 Å². The average molecular weight is 262 g/mol. The first-order valence-electron chi connectivity index (χ1n) is 4.27. The highest BCUT2D eigenvalue weighted by atomic mass is 79.9. The summed E-state index contributed by atoms with van der Waals surface area (Å²) in [7, 11) is 1.51. The summed E-state index contributed by atoms with van der Waals surface area (Å²) in [4.78, 5) is 4.70. The number of benzene rings is 1. The van der Waals surface area contributed by atoms with Gasteiger partial charge in [0.1, 0.15) is 5.82 Å². The maximum atomic E-state index is 13.6. The van der Waals surface area contributed by atoms with E-state index >= 15 is 0 Å². The monoisotopic (exact) mass is 261 g/mol. The largest absolute Gasteiger partial charge is 0.305 e. The summed E-state index contributed by atoms with van der Waals surface area (Å²) in [6.07, 6.45) is 0. The lowest BCUT2D eigenvalue weighted by atomic mass is 10.0. The Morgan fingerprint density at radius 2 is 2.14 bits per heavy atom. The summed E-state index contributed by atoms with van der Waals surface area (Å²) < 4.78 is 14.1. The number of rotatable bonds is 3. The van der Waals surface area contributed by atoms with Gasteiger partial charge >= 0.3 is 0 Å². The summed E-state index contributed by atoms with van der Waals surface area (Å²) in [5, 5.41) is 0. The predicted octanol–water partition coefficient (Wildman–Crippen LogP) is 2.86. The van der Waals surface area contributed by atoms with Crippen molar-refractivity contribution in [2.75, 3.05) is 7.11 Å². The fourth-order valence-corrected chi connectivity index (χ4v) is 1.85. The van der Waals surface area contributed by atoms with Gasteiger partial charge in [0.05, 0.1) is 11.6 Å². The van der Waals surface area contributed by atoms with E-state index in [-0.39, 0.29) is 5.82 Å². The zero-order valence-electron chi connectivity index (χ0n) is 8.45. The van der Waals surface area contributed by atoms with E-state index in [1.165, 1.54) is 7.11 Å². The Morgan fingerprint density at radius 1 is 1.50 bits per heavy atom. The molecule has 0 fully saturated rings. The number of halogens is 2. The average Bonchev–Trinajstić information content (AvgIpc) is 2.15. The van der Waals surface area contributed by atoms with Gasteiger partial charge in [0.25, 0.3) is 0 Å². The second kappa shape index (κ2) is 4.87. The Balaban J connectivity index is 3.11. The molecule has 0 aliphatic carbocycles. The summed E-state index contributed by atoms with van der Waals surface area (Å²) in [6.45, 7) is 4.22. The van der Waals surface area contributed by atoms with E-state index in [1.807, 2.05) is 13.8 Å². The lowest BCUT2D eigenvalue weighted by molar-refractivity contribution is 0.0857. The van der Waals surface area contributed by atoms with E-state index in [4.69, 9.17) is 4.84 Å². The van der Waals surface area contributed by atoms with Crippen LogP contribution in [0.25, 0.3) is 0 Å². The third-order valence-electron chi connectivity index (χ3n) is 2.26. The summed E-state index contributed by atoms with van der Waals surface area (Å²) >= 11 is 3.18. The molecule has 1 N–H and O–H groups in total. The summed E-state index contributed by atoms with van der Waals surface area (Å²) in [6, 6.07) is 1.78. The Labute approximate surface area is 91.5 Å². The molecule has 78 valence electrons. The summed E-state index contributed by atoms with van der Waals surface area (Å²) in [5.74, 6) is -0.224. The van der Waals surface area contributed by atoms with Gasteiger partial charge in [-0.05, 0) is 47.0 Å². The molecule has 0 aliphatic rings. The van der Waals surface area contributed by atoms with Crippen LogP contribution in [0.5, 0.6) is 0 Å². The van der Waals surface area contributed by atoms with E-state index in [0.29, 0.717) is 16.6 Å². The van der Waals surface area contributed by atoms with Crippen molar-refractivity contribution in [2.45, 2.75) is 20.4 Å². The minimum absolute atomic E-state index is 0.224. The van der Waals surface area contributed by atoms with Gasteiger partial charge in [0.2, 0.25) is 0 Å². The molecule has 0 saturated heterocycles. The van der Waals surface area contributed by atoms with Crippen LogP contribution in [0.3, 0.4) is 0 Å². The molecule has 0 saturated carbocycles. The van der Waals surface area contributed by atoms with Crippen LogP contribution in [-0.4, -0.2) is 7.11 Å². The molecule has 0 radical (unpaired) electrons. The quantitative estimate of drug-likeness (QED) is 0.846. The smallest absolute Gasteiger partial charge is 0.142 e. The number of hydroxylamine groups is 1. The van der Waals surface area contributed by atoms with Crippen LogP contribution in [0.1, 0.15) is 16.7 Å². The van der Waals surface area contributed by atoms with Crippen LogP contribution < -0.4 is 5.48 Å². The third-order valence-corrected chi connectivity index (χ3v) is 2.83. The molecular weight excluding hydrogens is 249 g/mol. The number of hydrogen-bond donors (Lipinski definition) is 1. The Bertz CT molecular complexity index is 315. The molecule has 0 amide bonds. The van der Waals surface area contributed by atoms with Crippen molar-refractivity contribution in [3.63, 3.8) is 0 Å². The second-order valence-electron chi connectivity index (χ2n) is 3.12. The van der Waals surface area contributed by atoms with Crippen LogP contribution in [0.15, 0.2) is 10.5 Å². The number of hydrogen-bond acceptors (Lipinski definition) is 2. The second-order valence-corrected chi connectivity index (χ2v) is 3.97. The van der Waals surface area contributed by atoms with Gasteiger partial charge in [-0.1, -0.05) is 0 Å². The van der Waals surface area contributed by atoms with Crippen LogP contribution in [0.4, 0.5) is 4.39 Å². The molecule has 0 bridgehead atoms. The van der Waals surface area contributed by atoms with E-state index in [1.54, 1.807) is 6.07 Å². The molecule has 0 aromatic heterocycles. The van der Waals surface area contributed by atoms with Gasteiger partial charge in [0.15, 0.2) is 0 Å². The molecule has 14 heavy (non-hydrogen) atoms. The maximum Gasteiger partial charge on any atom is 0.142 e. The van der Waals surface area contributed by atoms with Crippen molar-refractivity contribution < 1.29 is 9.23 Å². The van der Waals surface area contributed by atoms with Crippen LogP contribution in [0.2, 0.25) is 0 Å². The summed E-state index contributed by atoms with van der Waals surface area (Å²) in [5.41, 5.74) is 5.29. The van der Waals surface area contributed by atoms with Crippen LogP contribution in [0, 0.1) is 19.7 Å². The molecule has 1 rings (SSSR count). The third kappa shape index (κ3) is 2.32. The highest BCUT2D eigenvalue weighted by molar-refractivity contribution is 9.10. The van der Waals surface area contributed by atoms with Crippen LogP contribution >= 0.6 is 15.9 Å². The van der Waals surface area contributed by atoms with Gasteiger partial charge < -0.3 is 4.84 Å². The Hall–Kier alpha value is -0.450. The highest BCUT2D eigenvalue weighted by Gasteiger charge is 2.11. The highest BCUT2D eigenvalue weighted by Crippen LogP contribution is 2.25. The SMILES string of the molecule is CONCc1c(C)c(C)cc(Br)c1F. The van der Waals surface area contributed by atoms with Crippen molar-refractivity contribution in [2.24, 2.45) is 0 Å². The lowest BCUT2D eigenvalue weighted by Gasteiger charge is -2.11. The van der Waals surface area contributed by atoms with Crippen molar-refractivity contribution in [1.82, 2.24) is 5.48 Å². The molecule has 4 heteroatoms. The topological polar surface area (TPSA) is 21.3 Å². The molecule has 0 aliphatic heterocycles. The van der Waals surface area contributed by atoms with Crippen molar-refractivity contribution in [1.29, 1.82) is 0 Å². The lowest BCUT2D eigenvalue weighted by Crippen LogP contribution is -2.14. The van der Waals surface area contributed by atoms with Crippen LogP contribution in [-0.2, 0) is 11.4 Å². The molecule has 0 spiro atoms. The molecule has 1 aromatic rings. The standard InChI is InChI=1S/C10H13BrFNO/c1-6-4-9(11)10(12)8(7(6)2)5-13-14-3/h4,13H,5H2,1-3H3. The van der Waals surface area contributed by atoms with Gasteiger partial charge in [-0.3, -0.25) is 0 Å². The normalized spacial score (nSPS) is 10.6. The molecule has 2 nitrogen and oxygen atoms in total. The minimum atomic E-state index is -0.224. The zero-order valence-corrected chi connectivity index (χ0v) is 10.0. The maximum absolute atomic E-state index is 13.6. The van der Waals surface area contributed by atoms with Crippen molar-refractivity contribution in [3.8, 4) is 0 Å². The zero-order chi connectivity index (χ0) is 10.7. The van der Waals surface area contributed by atoms with E-state index in [0.717, 1.165) is 11.1 Å². The molecular formula is C10H13BrFNO.